The van der Waals surface area contributed by atoms with Gasteiger partial charge in [0, 0.05) is 18.2 Å². The molecular weight excluding hydrogens is 481 g/mol. The van der Waals surface area contributed by atoms with E-state index in [0.29, 0.717) is 5.56 Å². The second-order valence-corrected chi connectivity index (χ2v) is 10.2. The molecule has 2 unspecified atom stereocenters. The third-order valence-electron chi connectivity index (χ3n) is 5.24. The molecule has 2 heterocycles. The van der Waals surface area contributed by atoms with Gasteiger partial charge in [0.2, 0.25) is 0 Å². The van der Waals surface area contributed by atoms with Crippen molar-refractivity contribution in [1.29, 1.82) is 0 Å². The molecule has 1 aliphatic rings. The van der Waals surface area contributed by atoms with Crippen molar-refractivity contribution in [3.05, 3.63) is 62.9 Å². The van der Waals surface area contributed by atoms with Gasteiger partial charge in [-0.1, -0.05) is 18.2 Å². The van der Waals surface area contributed by atoms with Gasteiger partial charge in [0.1, 0.15) is 23.6 Å². The molecule has 0 spiro atoms. The topological polar surface area (TPSA) is 158 Å². The molecule has 1 saturated heterocycles. The number of H-pyrrole nitrogens is 1. The van der Waals surface area contributed by atoms with Gasteiger partial charge < -0.3 is 19.1 Å². The first-order valence-corrected chi connectivity index (χ1v) is 12.6. The van der Waals surface area contributed by atoms with Crippen molar-refractivity contribution in [2.75, 3.05) is 13.2 Å². The third kappa shape index (κ3) is 6.68. The van der Waals surface area contributed by atoms with Gasteiger partial charge in [-0.05, 0) is 39.8 Å². The third-order valence-corrected chi connectivity index (χ3v) is 7.01. The summed E-state index contributed by atoms with van der Waals surface area (Å²) in [7, 11) is -4.19. The van der Waals surface area contributed by atoms with Crippen LogP contribution in [0.2, 0.25) is 0 Å². The Labute approximate surface area is 201 Å². The van der Waals surface area contributed by atoms with Crippen LogP contribution in [-0.4, -0.2) is 51.6 Å². The molecule has 1 aromatic heterocycles. The number of hydrogen-bond acceptors (Lipinski definition) is 9. The highest BCUT2D eigenvalue weighted by Gasteiger charge is 2.43. The Hall–Kier alpha value is -2.76. The summed E-state index contributed by atoms with van der Waals surface area (Å²) in [5, 5.41) is 13.1. The number of aryl methyl sites for hydroxylation is 1. The second-order valence-electron chi connectivity index (χ2n) is 8.57. The lowest BCUT2D eigenvalue weighted by atomic mass is 10.1. The van der Waals surface area contributed by atoms with Gasteiger partial charge in [0.05, 0.1) is 19.3 Å². The van der Waals surface area contributed by atoms with Crippen LogP contribution in [0.25, 0.3) is 0 Å². The molecule has 0 aliphatic carbocycles. The van der Waals surface area contributed by atoms with Gasteiger partial charge in [-0.3, -0.25) is 23.7 Å². The average molecular weight is 511 g/mol. The fraction of sp³-hybridized carbons (Fsp3) is 0.500. The first-order chi connectivity index (χ1) is 16.4. The molecule has 4 atom stereocenters. The zero-order valence-corrected chi connectivity index (χ0v) is 20.8. The number of hydrogen-bond donors (Lipinski definition) is 3. The smallest absolute Gasteiger partial charge is 0.459 e. The predicted octanol–water partition coefficient (Wildman–Crippen LogP) is 1.63. The molecule has 1 aromatic carbocycles. The fourth-order valence-electron chi connectivity index (χ4n) is 3.41. The minimum Gasteiger partial charge on any atom is -0.465 e. The van der Waals surface area contributed by atoms with Crippen molar-refractivity contribution in [2.45, 2.75) is 58.1 Å². The molecule has 0 bridgehead atoms. The molecule has 12 nitrogen and oxygen atoms in total. The number of aromatic nitrogens is 2. The molecule has 192 valence electrons. The summed E-state index contributed by atoms with van der Waals surface area (Å²) >= 11 is 0. The summed E-state index contributed by atoms with van der Waals surface area (Å²) in [5.74, 6) is -0.436. The molecule has 3 N–H and O–H groups in total. The number of benzene rings is 1. The van der Waals surface area contributed by atoms with E-state index in [4.69, 9.17) is 18.5 Å². The number of carbonyl (C=O) groups excluding carboxylic acids is 1. The van der Waals surface area contributed by atoms with Crippen molar-refractivity contribution >= 4 is 13.7 Å². The predicted molar refractivity (Wildman–Crippen MR) is 125 cm³/mol. The van der Waals surface area contributed by atoms with E-state index in [1.807, 2.05) is 0 Å². The lowest BCUT2D eigenvalue weighted by Gasteiger charge is -2.29. The molecule has 1 aliphatic heterocycles. The summed E-state index contributed by atoms with van der Waals surface area (Å²) in [6.07, 6.45) is -1.54. The average Bonchev–Trinajstić information content (AvgIpc) is 3.15. The van der Waals surface area contributed by atoms with Crippen molar-refractivity contribution in [1.82, 2.24) is 14.6 Å². The largest absolute Gasteiger partial charge is 0.465 e. The molecule has 13 heteroatoms. The maximum atomic E-state index is 13.7. The van der Waals surface area contributed by atoms with E-state index in [1.54, 1.807) is 37.3 Å². The van der Waals surface area contributed by atoms with Gasteiger partial charge in [0.15, 0.2) is 0 Å². The molecular formula is C22H30N3O9P. The number of aromatic amines is 1. The Bertz CT molecular complexity index is 1190. The monoisotopic (exact) mass is 511 g/mol. The van der Waals surface area contributed by atoms with Crippen LogP contribution in [0.5, 0.6) is 5.75 Å². The van der Waals surface area contributed by atoms with Crippen LogP contribution in [0.4, 0.5) is 0 Å². The Kier molecular flexibility index (Phi) is 8.34. The highest BCUT2D eigenvalue weighted by atomic mass is 31.2. The molecule has 0 saturated carbocycles. The molecule has 2 aromatic rings. The van der Waals surface area contributed by atoms with Crippen molar-refractivity contribution in [3.8, 4) is 5.75 Å². The van der Waals surface area contributed by atoms with E-state index >= 15 is 0 Å². The maximum Gasteiger partial charge on any atom is 0.459 e. The first kappa shape index (κ1) is 26.8. The quantitative estimate of drug-likeness (QED) is 0.316. The summed E-state index contributed by atoms with van der Waals surface area (Å²) in [4.78, 5) is 38.4. The Morgan fingerprint density at radius 1 is 1.31 bits per heavy atom. The van der Waals surface area contributed by atoms with Gasteiger partial charge in [-0.2, -0.15) is 5.09 Å². The minimum absolute atomic E-state index is 0.0327. The highest BCUT2D eigenvalue weighted by Crippen LogP contribution is 2.47. The SMILES string of the molecule is CCOC(=O)C(C)(C)NP(=O)(OC[C@H]1O[C@@H](n2cc(C)c(=O)[nH]c2=O)CC1O)Oc1ccccc1. The molecule has 0 amide bonds. The number of para-hydroxylation sites is 1. The van der Waals surface area contributed by atoms with Crippen LogP contribution < -0.4 is 20.9 Å². The van der Waals surface area contributed by atoms with Crippen LogP contribution in [0.15, 0.2) is 46.1 Å². The van der Waals surface area contributed by atoms with Crippen molar-refractivity contribution in [2.24, 2.45) is 0 Å². The van der Waals surface area contributed by atoms with Crippen LogP contribution in [0.3, 0.4) is 0 Å². The lowest BCUT2D eigenvalue weighted by Crippen LogP contribution is -2.47. The number of aliphatic hydroxyl groups is 1. The Balaban J connectivity index is 1.77. The number of carbonyl (C=O) groups is 1. The number of rotatable bonds is 10. The van der Waals surface area contributed by atoms with Gasteiger partial charge in [-0.15, -0.1) is 0 Å². The fourth-order valence-corrected chi connectivity index (χ4v) is 5.09. The Morgan fingerprint density at radius 3 is 2.66 bits per heavy atom. The summed E-state index contributed by atoms with van der Waals surface area (Å²) in [6, 6.07) is 8.23. The van der Waals surface area contributed by atoms with E-state index in [1.165, 1.54) is 31.5 Å². The van der Waals surface area contributed by atoms with Crippen LogP contribution >= 0.6 is 7.75 Å². The number of nitrogens with one attached hydrogen (secondary N) is 2. The van der Waals surface area contributed by atoms with E-state index in [0.717, 1.165) is 0 Å². The van der Waals surface area contributed by atoms with Crippen LogP contribution in [-0.2, 0) is 23.4 Å². The van der Waals surface area contributed by atoms with Crippen molar-refractivity contribution in [3.63, 3.8) is 0 Å². The first-order valence-electron chi connectivity index (χ1n) is 11.1. The molecule has 0 radical (unpaired) electrons. The minimum atomic E-state index is -4.19. The summed E-state index contributed by atoms with van der Waals surface area (Å²) in [6.45, 7) is 5.87. The van der Waals surface area contributed by atoms with Gasteiger partial charge >= 0.3 is 19.4 Å². The lowest BCUT2D eigenvalue weighted by molar-refractivity contribution is -0.149. The highest BCUT2D eigenvalue weighted by molar-refractivity contribution is 7.52. The van der Waals surface area contributed by atoms with Crippen LogP contribution in [0.1, 0.15) is 39.0 Å². The van der Waals surface area contributed by atoms with E-state index in [9.17, 15) is 24.1 Å². The normalized spacial score (nSPS) is 21.9. The number of nitrogens with zero attached hydrogens (tertiary/aromatic N) is 1. The van der Waals surface area contributed by atoms with Crippen LogP contribution in [0, 0.1) is 6.92 Å². The summed E-state index contributed by atoms with van der Waals surface area (Å²) in [5.41, 5.74) is -2.33. The zero-order chi connectivity index (χ0) is 25.8. The number of aliphatic hydroxyl groups excluding tert-OH is 1. The van der Waals surface area contributed by atoms with Crippen molar-refractivity contribution < 1.29 is 33.0 Å². The Morgan fingerprint density at radius 2 is 2.00 bits per heavy atom. The standard InChI is InChI=1S/C22H30N3O9P/c1-5-31-20(28)22(3,4)24-35(30,34-15-9-7-6-8-10-15)32-13-17-16(26)11-18(33-17)25-12-14(2)19(27)23-21(25)29/h6-10,12,16-18,26H,5,11,13H2,1-4H3,(H,24,30)(H,23,27,29)/t16?,17-,18-,35?/m1/s1. The van der Waals surface area contributed by atoms with Gasteiger partial charge in [0.25, 0.3) is 5.56 Å². The van der Waals surface area contributed by atoms with E-state index in [2.05, 4.69) is 10.1 Å². The number of esters is 1. The van der Waals surface area contributed by atoms with E-state index < -0.39 is 48.9 Å². The van der Waals surface area contributed by atoms with Gasteiger partial charge in [-0.25, -0.2) is 9.36 Å². The number of ether oxygens (including phenoxy) is 2. The molecule has 1 fully saturated rings. The zero-order valence-electron chi connectivity index (χ0n) is 19.9. The van der Waals surface area contributed by atoms with E-state index in [-0.39, 0.29) is 25.4 Å². The second kappa shape index (κ2) is 10.9. The molecule has 3 rings (SSSR count). The maximum absolute atomic E-state index is 13.7. The summed E-state index contributed by atoms with van der Waals surface area (Å²) < 4.78 is 36.8. The molecule has 35 heavy (non-hydrogen) atoms.